The van der Waals surface area contributed by atoms with Crippen LogP contribution in [0.1, 0.15) is 22.6 Å². The molecule has 21 heavy (non-hydrogen) atoms. The normalized spacial score (nSPS) is 11.3. The van der Waals surface area contributed by atoms with Gasteiger partial charge < -0.3 is 5.32 Å². The van der Waals surface area contributed by atoms with Crippen LogP contribution < -0.4 is 5.32 Å². The first-order chi connectivity index (χ1) is 9.99. The topological polar surface area (TPSA) is 73.5 Å². The molecule has 0 aromatic carbocycles. The Kier molecular flexibility index (Phi) is 3.12. The first kappa shape index (κ1) is 13.5. The molecule has 0 unspecified atom stereocenters. The summed E-state index contributed by atoms with van der Waals surface area (Å²) in [6.07, 6.45) is 1.57. The second-order valence-corrected chi connectivity index (χ2v) is 5.26. The number of nitrogens with one attached hydrogen (secondary N) is 1. The lowest BCUT2D eigenvalue weighted by Crippen LogP contribution is -2.06. The lowest BCUT2D eigenvalue weighted by molar-refractivity contribution is 0.730. The van der Waals surface area contributed by atoms with Crippen LogP contribution >= 0.6 is 0 Å². The molecule has 7 heteroatoms. The zero-order chi connectivity index (χ0) is 15.1. The molecule has 0 spiro atoms. The highest BCUT2D eigenvalue weighted by atomic mass is 15.3. The van der Waals surface area contributed by atoms with Gasteiger partial charge in [-0.1, -0.05) is 0 Å². The summed E-state index contributed by atoms with van der Waals surface area (Å²) in [4.78, 5) is 8.66. The van der Waals surface area contributed by atoms with Gasteiger partial charge >= 0.3 is 0 Å². The second-order valence-electron chi connectivity index (χ2n) is 5.26. The Morgan fingerprint density at radius 1 is 1.00 bits per heavy atom. The Morgan fingerprint density at radius 3 is 2.38 bits per heavy atom. The van der Waals surface area contributed by atoms with Gasteiger partial charge in [0.05, 0.1) is 11.4 Å². The number of fused-ring (bicyclic) bond motifs is 1. The molecule has 1 N–H and O–H groups in total. The van der Waals surface area contributed by atoms with Crippen LogP contribution in [0.3, 0.4) is 0 Å². The second kappa shape index (κ2) is 4.83. The molecule has 0 bridgehead atoms. The molecule has 3 heterocycles. The van der Waals surface area contributed by atoms with E-state index in [4.69, 9.17) is 0 Å². The van der Waals surface area contributed by atoms with Crippen molar-refractivity contribution in [3.8, 4) is 0 Å². The summed E-state index contributed by atoms with van der Waals surface area (Å²) >= 11 is 0. The predicted octanol–water partition coefficient (Wildman–Crippen LogP) is 1.63. The Balaban J connectivity index is 1.96. The Labute approximate surface area is 123 Å². The van der Waals surface area contributed by atoms with Gasteiger partial charge in [-0.25, -0.2) is 9.97 Å². The minimum Gasteiger partial charge on any atom is -0.364 e. The van der Waals surface area contributed by atoms with Crippen molar-refractivity contribution < 1.29 is 0 Å². The number of hydrogen-bond donors (Lipinski definition) is 1. The monoisotopic (exact) mass is 285 g/mol. The third-order valence-corrected chi connectivity index (χ3v) is 3.88. The van der Waals surface area contributed by atoms with Crippen LogP contribution in [-0.4, -0.2) is 29.5 Å². The van der Waals surface area contributed by atoms with Gasteiger partial charge in [-0.3, -0.25) is 9.36 Å². The fraction of sp³-hybridized carbons (Fsp3) is 0.429. The molecule has 0 saturated carbocycles. The molecular formula is C14H19N7. The van der Waals surface area contributed by atoms with Crippen molar-refractivity contribution in [1.29, 1.82) is 0 Å². The third-order valence-electron chi connectivity index (χ3n) is 3.88. The lowest BCUT2D eigenvalue weighted by atomic mass is 10.2. The molecule has 7 nitrogen and oxygen atoms in total. The molecule has 0 aliphatic carbocycles. The van der Waals surface area contributed by atoms with Gasteiger partial charge in [0.25, 0.3) is 0 Å². The lowest BCUT2D eigenvalue weighted by Gasteiger charge is -2.08. The molecule has 0 aliphatic rings. The number of aryl methyl sites for hydroxylation is 4. The maximum Gasteiger partial charge on any atom is 0.155 e. The molecule has 0 fully saturated rings. The number of anilines is 1. The van der Waals surface area contributed by atoms with Crippen LogP contribution in [0.4, 0.5) is 5.82 Å². The van der Waals surface area contributed by atoms with Crippen molar-refractivity contribution in [1.82, 2.24) is 29.5 Å². The van der Waals surface area contributed by atoms with E-state index in [0.29, 0.717) is 6.54 Å². The molecule has 110 valence electrons. The van der Waals surface area contributed by atoms with Gasteiger partial charge in [-0.15, -0.1) is 0 Å². The van der Waals surface area contributed by atoms with Gasteiger partial charge in [-0.05, 0) is 20.8 Å². The summed E-state index contributed by atoms with van der Waals surface area (Å²) in [6, 6.07) is 0. The van der Waals surface area contributed by atoms with Crippen LogP contribution in [0.5, 0.6) is 0 Å². The summed E-state index contributed by atoms with van der Waals surface area (Å²) in [6.45, 7) is 6.73. The van der Waals surface area contributed by atoms with E-state index < -0.39 is 0 Å². The zero-order valence-electron chi connectivity index (χ0n) is 13.0. The minimum atomic E-state index is 0.682. The average molecular weight is 285 g/mol. The SMILES string of the molecule is Cc1nn(C)c(C)c1CNc1ncnc2c(C)nn(C)c12. The average Bonchev–Trinajstić information content (AvgIpc) is 2.86. The molecule has 3 rings (SSSR count). The van der Waals surface area contributed by atoms with Crippen molar-refractivity contribution >= 4 is 16.9 Å². The molecule has 3 aromatic rings. The molecule has 0 radical (unpaired) electrons. The van der Waals surface area contributed by atoms with Crippen LogP contribution in [0.15, 0.2) is 6.33 Å². The molecule has 0 saturated heterocycles. The van der Waals surface area contributed by atoms with Crippen molar-refractivity contribution in [3.63, 3.8) is 0 Å². The van der Waals surface area contributed by atoms with E-state index in [1.807, 2.05) is 37.3 Å². The fourth-order valence-corrected chi connectivity index (χ4v) is 2.65. The van der Waals surface area contributed by atoms with Gasteiger partial charge in [-0.2, -0.15) is 10.2 Å². The highest BCUT2D eigenvalue weighted by Gasteiger charge is 2.14. The quantitative estimate of drug-likeness (QED) is 0.792. The highest BCUT2D eigenvalue weighted by molar-refractivity contribution is 5.87. The molecule has 3 aromatic heterocycles. The molecule has 0 atom stereocenters. The smallest absolute Gasteiger partial charge is 0.155 e. The number of hydrogen-bond acceptors (Lipinski definition) is 5. The van der Waals surface area contributed by atoms with Crippen LogP contribution in [0.2, 0.25) is 0 Å². The first-order valence-corrected chi connectivity index (χ1v) is 6.86. The van der Waals surface area contributed by atoms with Crippen molar-refractivity contribution in [2.75, 3.05) is 5.32 Å². The number of nitrogens with zero attached hydrogens (tertiary/aromatic N) is 6. The fourth-order valence-electron chi connectivity index (χ4n) is 2.65. The van der Waals surface area contributed by atoms with E-state index in [9.17, 15) is 0 Å². The third kappa shape index (κ3) is 2.14. The molecule has 0 aliphatic heterocycles. The summed E-state index contributed by atoms with van der Waals surface area (Å²) in [5, 5.41) is 12.2. The summed E-state index contributed by atoms with van der Waals surface area (Å²) in [7, 11) is 3.86. The van der Waals surface area contributed by atoms with Crippen molar-refractivity contribution in [2.45, 2.75) is 27.3 Å². The Morgan fingerprint density at radius 2 is 1.71 bits per heavy atom. The summed E-state index contributed by atoms with van der Waals surface area (Å²) in [5.41, 5.74) is 6.11. The van der Waals surface area contributed by atoms with E-state index in [1.165, 1.54) is 5.56 Å². The van der Waals surface area contributed by atoms with Gasteiger partial charge in [0.2, 0.25) is 0 Å². The zero-order valence-corrected chi connectivity index (χ0v) is 13.0. The number of aromatic nitrogens is 6. The molecular weight excluding hydrogens is 266 g/mol. The van der Waals surface area contributed by atoms with E-state index in [1.54, 1.807) is 6.33 Å². The van der Waals surface area contributed by atoms with Crippen molar-refractivity contribution in [2.24, 2.45) is 14.1 Å². The van der Waals surface area contributed by atoms with Gasteiger partial charge in [0.15, 0.2) is 5.82 Å². The van der Waals surface area contributed by atoms with Crippen LogP contribution in [-0.2, 0) is 20.6 Å². The minimum absolute atomic E-state index is 0.682. The van der Waals surface area contributed by atoms with Crippen molar-refractivity contribution in [3.05, 3.63) is 29.0 Å². The maximum absolute atomic E-state index is 4.43. The van der Waals surface area contributed by atoms with Crippen LogP contribution in [0.25, 0.3) is 11.0 Å². The summed E-state index contributed by atoms with van der Waals surface area (Å²) in [5.74, 6) is 0.797. The summed E-state index contributed by atoms with van der Waals surface area (Å²) < 4.78 is 3.71. The van der Waals surface area contributed by atoms with E-state index >= 15 is 0 Å². The largest absolute Gasteiger partial charge is 0.364 e. The van der Waals surface area contributed by atoms with Gasteiger partial charge in [0, 0.05) is 31.9 Å². The van der Waals surface area contributed by atoms with E-state index in [2.05, 4.69) is 32.4 Å². The van der Waals surface area contributed by atoms with Crippen LogP contribution in [0, 0.1) is 20.8 Å². The standard InChI is InChI=1S/C14H19N7/c1-8-11(10(3)20(4)18-8)6-15-14-13-12(16-7-17-14)9(2)19-21(13)5/h7H,6H2,1-5H3,(H,15,16,17). The first-order valence-electron chi connectivity index (χ1n) is 6.86. The van der Waals surface area contributed by atoms with Gasteiger partial charge in [0.1, 0.15) is 17.4 Å². The number of rotatable bonds is 3. The van der Waals surface area contributed by atoms with E-state index in [-0.39, 0.29) is 0 Å². The van der Waals surface area contributed by atoms with E-state index in [0.717, 1.165) is 33.9 Å². The molecule has 0 amide bonds. The highest BCUT2D eigenvalue weighted by Crippen LogP contribution is 2.22. The predicted molar refractivity (Wildman–Crippen MR) is 81.0 cm³/mol. The Bertz CT molecular complexity index is 812. The Hall–Kier alpha value is -2.44. The maximum atomic E-state index is 4.43.